The molecule has 0 rings (SSSR count). The Bertz CT molecular complexity index is 168. The normalized spacial score (nSPS) is 12.1. The van der Waals surface area contributed by atoms with Gasteiger partial charge in [0.15, 0.2) is 0 Å². The van der Waals surface area contributed by atoms with Gasteiger partial charge in [-0.3, -0.25) is 4.79 Å². The zero-order chi connectivity index (χ0) is 9.99. The molecule has 0 aliphatic carbocycles. The fourth-order valence-corrected chi connectivity index (χ4v) is 1.91. The van der Waals surface area contributed by atoms with Gasteiger partial charge in [0.1, 0.15) is 0 Å². The Labute approximate surface area is 91.6 Å². The molecule has 0 aromatic carbocycles. The smallest absolute Gasteiger partial charge is 0.303 e. The van der Waals surface area contributed by atoms with Gasteiger partial charge in [0.25, 0.3) is 0 Å². The average molecular weight is 227 g/mol. The van der Waals surface area contributed by atoms with Gasteiger partial charge >= 0.3 is 5.97 Å². The summed E-state index contributed by atoms with van der Waals surface area (Å²) in [7, 11) is 0. The first-order chi connectivity index (χ1) is 5.12. The number of rotatable bonds is 3. The van der Waals surface area contributed by atoms with Gasteiger partial charge in [-0.25, -0.2) is 0 Å². The van der Waals surface area contributed by atoms with E-state index in [0.717, 1.165) is 6.42 Å². The SMILES string of the molecule is CC(C)(C)CC(C)(C)CC(=O)O.[Mn]. The fourth-order valence-electron chi connectivity index (χ4n) is 1.91. The summed E-state index contributed by atoms with van der Waals surface area (Å²) in [5.41, 5.74) is 0.114. The molecule has 13 heavy (non-hydrogen) atoms. The van der Waals surface area contributed by atoms with Crippen LogP contribution in [0.15, 0.2) is 0 Å². The van der Waals surface area contributed by atoms with Crippen LogP contribution in [0.1, 0.15) is 47.5 Å². The first kappa shape index (κ1) is 15.5. The van der Waals surface area contributed by atoms with Crippen LogP contribution < -0.4 is 0 Å². The molecule has 0 heterocycles. The van der Waals surface area contributed by atoms with Crippen LogP contribution in [0.25, 0.3) is 0 Å². The molecule has 0 atom stereocenters. The molecule has 0 aromatic rings. The molecule has 0 aliphatic heterocycles. The van der Waals surface area contributed by atoms with Gasteiger partial charge in [0.2, 0.25) is 0 Å². The average Bonchev–Trinajstić information content (AvgIpc) is 1.48. The van der Waals surface area contributed by atoms with Crippen LogP contribution in [0.4, 0.5) is 0 Å². The molecule has 0 unspecified atom stereocenters. The van der Waals surface area contributed by atoms with E-state index in [1.807, 2.05) is 13.8 Å². The van der Waals surface area contributed by atoms with Crippen LogP contribution in [-0.2, 0) is 21.9 Å². The molecule has 0 saturated heterocycles. The van der Waals surface area contributed by atoms with Crippen molar-refractivity contribution in [2.75, 3.05) is 0 Å². The van der Waals surface area contributed by atoms with Crippen LogP contribution in [0.2, 0.25) is 0 Å². The molecule has 79 valence electrons. The Hall–Kier alpha value is -0.0105. The molecule has 0 spiro atoms. The summed E-state index contributed by atoms with van der Waals surface area (Å²) in [4.78, 5) is 10.5. The van der Waals surface area contributed by atoms with Gasteiger partial charge < -0.3 is 5.11 Å². The van der Waals surface area contributed by atoms with Gasteiger partial charge in [-0.1, -0.05) is 34.6 Å². The Morgan fingerprint density at radius 2 is 1.54 bits per heavy atom. The van der Waals surface area contributed by atoms with E-state index in [9.17, 15) is 4.79 Å². The predicted molar refractivity (Wildman–Crippen MR) is 50.1 cm³/mol. The molecule has 1 N–H and O–H groups in total. The minimum atomic E-state index is -0.704. The van der Waals surface area contributed by atoms with Crippen LogP contribution in [-0.4, -0.2) is 11.1 Å². The molecule has 0 fully saturated rings. The van der Waals surface area contributed by atoms with Crippen molar-refractivity contribution in [3.63, 3.8) is 0 Å². The topological polar surface area (TPSA) is 37.3 Å². The van der Waals surface area contributed by atoms with E-state index in [1.54, 1.807) is 0 Å². The van der Waals surface area contributed by atoms with Gasteiger partial charge in [0.05, 0.1) is 6.42 Å². The van der Waals surface area contributed by atoms with Crippen molar-refractivity contribution in [1.29, 1.82) is 0 Å². The van der Waals surface area contributed by atoms with E-state index in [-0.39, 0.29) is 34.3 Å². The van der Waals surface area contributed by atoms with Crippen molar-refractivity contribution in [3.05, 3.63) is 0 Å². The third kappa shape index (κ3) is 9.91. The second-order valence-electron chi connectivity index (χ2n) is 5.47. The second kappa shape index (κ2) is 5.02. The number of hydrogen-bond donors (Lipinski definition) is 1. The van der Waals surface area contributed by atoms with Crippen molar-refractivity contribution in [2.45, 2.75) is 47.5 Å². The molecule has 0 saturated carbocycles. The third-order valence-electron chi connectivity index (χ3n) is 1.64. The van der Waals surface area contributed by atoms with Crippen molar-refractivity contribution in [3.8, 4) is 0 Å². The van der Waals surface area contributed by atoms with Crippen molar-refractivity contribution >= 4 is 5.97 Å². The van der Waals surface area contributed by atoms with Gasteiger partial charge in [0, 0.05) is 17.1 Å². The summed E-state index contributed by atoms with van der Waals surface area (Å²) in [5.74, 6) is -0.704. The molecule has 2 nitrogen and oxygen atoms in total. The second-order valence-corrected chi connectivity index (χ2v) is 5.47. The first-order valence-corrected chi connectivity index (χ1v) is 4.34. The number of aliphatic carboxylic acids is 1. The Morgan fingerprint density at radius 1 is 1.15 bits per heavy atom. The Kier molecular flexibility index (Phi) is 5.97. The minimum Gasteiger partial charge on any atom is -0.481 e. The number of carboxylic acid groups (broad SMARTS) is 1. The molecule has 0 bridgehead atoms. The monoisotopic (exact) mass is 227 g/mol. The molecular weight excluding hydrogens is 207 g/mol. The first-order valence-electron chi connectivity index (χ1n) is 4.34. The van der Waals surface area contributed by atoms with Crippen LogP contribution in [0, 0.1) is 10.8 Å². The number of hydrogen-bond acceptors (Lipinski definition) is 1. The quantitative estimate of drug-likeness (QED) is 0.752. The summed E-state index contributed by atoms with van der Waals surface area (Å²) in [6.07, 6.45) is 1.19. The van der Waals surface area contributed by atoms with Crippen molar-refractivity contribution < 1.29 is 27.0 Å². The van der Waals surface area contributed by atoms with E-state index in [4.69, 9.17) is 5.11 Å². The Balaban J connectivity index is 0. The largest absolute Gasteiger partial charge is 0.481 e. The molecule has 1 radical (unpaired) electrons. The summed E-state index contributed by atoms with van der Waals surface area (Å²) in [6, 6.07) is 0. The van der Waals surface area contributed by atoms with Crippen LogP contribution in [0.5, 0.6) is 0 Å². The van der Waals surface area contributed by atoms with Crippen molar-refractivity contribution in [1.82, 2.24) is 0 Å². The number of carbonyl (C=O) groups is 1. The van der Waals surface area contributed by atoms with E-state index in [0.29, 0.717) is 0 Å². The predicted octanol–water partition coefficient (Wildman–Crippen LogP) is 2.92. The summed E-state index contributed by atoms with van der Waals surface area (Å²) >= 11 is 0. The van der Waals surface area contributed by atoms with E-state index in [2.05, 4.69) is 20.8 Å². The van der Waals surface area contributed by atoms with Crippen molar-refractivity contribution in [2.24, 2.45) is 10.8 Å². The van der Waals surface area contributed by atoms with Crippen LogP contribution in [0.3, 0.4) is 0 Å². The maximum Gasteiger partial charge on any atom is 0.303 e. The zero-order valence-electron chi connectivity index (χ0n) is 9.15. The molecule has 0 aliphatic rings. The summed E-state index contributed by atoms with van der Waals surface area (Å²) in [6.45, 7) is 10.4. The van der Waals surface area contributed by atoms with E-state index < -0.39 is 5.97 Å². The maximum atomic E-state index is 10.5. The third-order valence-corrected chi connectivity index (χ3v) is 1.64. The standard InChI is InChI=1S/C10H20O2.Mn/c1-9(2,3)7-10(4,5)6-8(11)12;/h6-7H2,1-5H3,(H,11,12);. The number of carboxylic acids is 1. The fraction of sp³-hybridized carbons (Fsp3) is 0.900. The Morgan fingerprint density at radius 3 is 1.77 bits per heavy atom. The summed E-state index contributed by atoms with van der Waals surface area (Å²) in [5, 5.41) is 8.65. The maximum absolute atomic E-state index is 10.5. The van der Waals surface area contributed by atoms with E-state index >= 15 is 0 Å². The van der Waals surface area contributed by atoms with Crippen LogP contribution >= 0.6 is 0 Å². The summed E-state index contributed by atoms with van der Waals surface area (Å²) < 4.78 is 0. The van der Waals surface area contributed by atoms with Gasteiger partial charge in [-0.15, -0.1) is 0 Å². The van der Waals surface area contributed by atoms with Gasteiger partial charge in [-0.05, 0) is 17.3 Å². The molecular formula is C10H20MnO2. The molecule has 0 amide bonds. The van der Waals surface area contributed by atoms with E-state index in [1.165, 1.54) is 0 Å². The zero-order valence-corrected chi connectivity index (χ0v) is 10.3. The van der Waals surface area contributed by atoms with Gasteiger partial charge in [-0.2, -0.15) is 0 Å². The minimum absolute atomic E-state index is 0. The molecule has 0 aromatic heterocycles. The molecule has 3 heteroatoms.